The topological polar surface area (TPSA) is 106 Å². The molecule has 0 aliphatic heterocycles. The Labute approximate surface area is 208 Å². The Morgan fingerprint density at radius 2 is 1.94 bits per heavy atom. The maximum Gasteiger partial charge on any atom is 0.330 e. The number of anilines is 1. The van der Waals surface area contributed by atoms with Crippen molar-refractivity contribution in [2.75, 3.05) is 11.4 Å². The van der Waals surface area contributed by atoms with E-state index in [2.05, 4.69) is 18.5 Å². The summed E-state index contributed by atoms with van der Waals surface area (Å²) >= 11 is 1.60. The lowest BCUT2D eigenvalue weighted by Crippen LogP contribution is -2.31. The summed E-state index contributed by atoms with van der Waals surface area (Å²) in [5, 5.41) is 0.731. The van der Waals surface area contributed by atoms with E-state index in [0.29, 0.717) is 43.0 Å². The standard InChI is InChI=1S/C25H34N6O3S/c1-4-7-16-29-19(27-22-21(29)23(33)28-24(34)31(22)15-6-3)12-13-20(32)30(14-5-2)25-26-17-10-8-9-11-18(17)35-25/h5H,2,4,6-16H2,1,3H3,(H,28,33,34). The molecule has 0 saturated carbocycles. The van der Waals surface area contributed by atoms with Crippen LogP contribution in [0.15, 0.2) is 22.2 Å². The second-order valence-corrected chi connectivity index (χ2v) is 10.0. The van der Waals surface area contributed by atoms with E-state index in [1.165, 1.54) is 15.9 Å². The predicted octanol–water partition coefficient (Wildman–Crippen LogP) is 3.58. The molecule has 0 saturated heterocycles. The zero-order valence-electron chi connectivity index (χ0n) is 20.6. The molecule has 35 heavy (non-hydrogen) atoms. The van der Waals surface area contributed by atoms with Crippen molar-refractivity contribution in [2.45, 2.75) is 84.7 Å². The fraction of sp³-hybridized carbons (Fsp3) is 0.560. The number of aromatic nitrogens is 5. The average Bonchev–Trinajstić information content (AvgIpc) is 3.43. The Balaban J connectivity index is 1.64. The number of nitrogens with zero attached hydrogens (tertiary/aromatic N) is 5. The van der Waals surface area contributed by atoms with E-state index < -0.39 is 11.2 Å². The molecule has 0 atom stereocenters. The van der Waals surface area contributed by atoms with E-state index in [1.807, 2.05) is 11.5 Å². The van der Waals surface area contributed by atoms with Crippen LogP contribution >= 0.6 is 11.3 Å². The van der Waals surface area contributed by atoms with Gasteiger partial charge in [-0.3, -0.25) is 24.0 Å². The smallest absolute Gasteiger partial charge is 0.322 e. The van der Waals surface area contributed by atoms with Crippen LogP contribution in [0.5, 0.6) is 0 Å². The number of aromatic amines is 1. The number of rotatable bonds is 11. The molecule has 0 unspecified atom stereocenters. The molecule has 0 fully saturated rings. The normalized spacial score (nSPS) is 13.2. The summed E-state index contributed by atoms with van der Waals surface area (Å²) in [6.07, 6.45) is 9.18. The van der Waals surface area contributed by atoms with Gasteiger partial charge < -0.3 is 4.57 Å². The highest BCUT2D eigenvalue weighted by Gasteiger charge is 2.24. The minimum Gasteiger partial charge on any atom is -0.322 e. The molecule has 9 nitrogen and oxygen atoms in total. The highest BCUT2D eigenvalue weighted by atomic mass is 32.1. The SMILES string of the molecule is C=CCN(C(=O)CCc1nc2c(c(=O)[nH]c(=O)n2CCC)n1CCCC)c1nc2c(s1)CCCC2. The molecule has 3 aromatic heterocycles. The van der Waals surface area contributed by atoms with Gasteiger partial charge in [-0.2, -0.15) is 0 Å². The van der Waals surface area contributed by atoms with Crippen LogP contribution in [0.2, 0.25) is 0 Å². The molecule has 3 aromatic rings. The Bertz CT molecular complexity index is 1310. The molecule has 0 spiro atoms. The summed E-state index contributed by atoms with van der Waals surface area (Å²) in [5.41, 5.74) is 1.05. The summed E-state index contributed by atoms with van der Waals surface area (Å²) in [4.78, 5) is 53.4. The number of fused-ring (bicyclic) bond motifs is 2. The van der Waals surface area contributed by atoms with Gasteiger partial charge in [-0.1, -0.05) is 26.3 Å². The van der Waals surface area contributed by atoms with Gasteiger partial charge in [-0.25, -0.2) is 14.8 Å². The second kappa shape index (κ2) is 11.2. The largest absolute Gasteiger partial charge is 0.330 e. The van der Waals surface area contributed by atoms with Gasteiger partial charge in [0.05, 0.1) is 5.69 Å². The van der Waals surface area contributed by atoms with Crippen LogP contribution in [0.3, 0.4) is 0 Å². The van der Waals surface area contributed by atoms with Crippen LogP contribution in [0.1, 0.15) is 68.8 Å². The lowest BCUT2D eigenvalue weighted by molar-refractivity contribution is -0.118. The van der Waals surface area contributed by atoms with Crippen molar-refractivity contribution in [3.63, 3.8) is 0 Å². The molecule has 1 N–H and O–H groups in total. The number of carbonyl (C=O) groups is 1. The molecule has 0 bridgehead atoms. The summed E-state index contributed by atoms with van der Waals surface area (Å²) in [5.74, 6) is 0.602. The van der Waals surface area contributed by atoms with Crippen LogP contribution in [-0.4, -0.2) is 36.5 Å². The van der Waals surface area contributed by atoms with Gasteiger partial charge >= 0.3 is 5.69 Å². The number of amides is 1. The Hall–Kier alpha value is -3.01. The van der Waals surface area contributed by atoms with Crippen LogP contribution in [-0.2, 0) is 37.1 Å². The van der Waals surface area contributed by atoms with Crippen molar-refractivity contribution in [2.24, 2.45) is 0 Å². The number of nitrogens with one attached hydrogen (secondary N) is 1. The monoisotopic (exact) mass is 498 g/mol. The summed E-state index contributed by atoms with van der Waals surface area (Å²) in [7, 11) is 0. The third-order valence-corrected chi connectivity index (χ3v) is 7.57. The minimum atomic E-state index is -0.447. The first-order valence-electron chi connectivity index (χ1n) is 12.6. The molecular weight excluding hydrogens is 464 g/mol. The number of carbonyl (C=O) groups excluding carboxylic acids is 1. The van der Waals surface area contributed by atoms with Crippen molar-refractivity contribution in [3.05, 3.63) is 49.9 Å². The van der Waals surface area contributed by atoms with Gasteiger partial charge in [0.2, 0.25) is 5.91 Å². The lowest BCUT2D eigenvalue weighted by atomic mass is 10.0. The number of hydrogen-bond donors (Lipinski definition) is 1. The average molecular weight is 499 g/mol. The third kappa shape index (κ3) is 5.17. The van der Waals surface area contributed by atoms with Gasteiger partial charge in [-0.15, -0.1) is 17.9 Å². The van der Waals surface area contributed by atoms with Crippen LogP contribution < -0.4 is 16.1 Å². The number of hydrogen-bond acceptors (Lipinski definition) is 6. The molecule has 1 amide bonds. The zero-order valence-corrected chi connectivity index (χ0v) is 21.5. The van der Waals surface area contributed by atoms with E-state index in [0.717, 1.165) is 49.4 Å². The maximum absolute atomic E-state index is 13.3. The number of thiazole rings is 1. The maximum atomic E-state index is 13.3. The number of imidazole rings is 1. The first-order valence-corrected chi connectivity index (χ1v) is 13.4. The van der Waals surface area contributed by atoms with E-state index >= 15 is 0 Å². The molecular formula is C25H34N6O3S. The highest BCUT2D eigenvalue weighted by Crippen LogP contribution is 2.32. The second-order valence-electron chi connectivity index (χ2n) is 8.98. The van der Waals surface area contributed by atoms with Gasteiger partial charge in [-0.05, 0) is 38.5 Å². The third-order valence-electron chi connectivity index (χ3n) is 6.39. The van der Waals surface area contributed by atoms with E-state index in [1.54, 1.807) is 22.3 Å². The number of aryl methyl sites for hydroxylation is 5. The summed E-state index contributed by atoms with van der Waals surface area (Å²) < 4.78 is 3.41. The van der Waals surface area contributed by atoms with Gasteiger partial charge in [0.15, 0.2) is 16.3 Å². The number of H-pyrrole nitrogens is 1. The Kier molecular flexibility index (Phi) is 8.00. The van der Waals surface area contributed by atoms with Crippen LogP contribution in [0, 0.1) is 0 Å². The lowest BCUT2D eigenvalue weighted by Gasteiger charge is -2.18. The van der Waals surface area contributed by atoms with Gasteiger partial charge in [0.25, 0.3) is 5.56 Å². The fourth-order valence-electron chi connectivity index (χ4n) is 4.62. The molecule has 188 valence electrons. The highest BCUT2D eigenvalue weighted by molar-refractivity contribution is 7.16. The van der Waals surface area contributed by atoms with Crippen molar-refractivity contribution in [3.8, 4) is 0 Å². The zero-order chi connectivity index (χ0) is 24.9. The molecule has 4 rings (SSSR count). The van der Waals surface area contributed by atoms with Crippen molar-refractivity contribution < 1.29 is 4.79 Å². The van der Waals surface area contributed by atoms with Crippen molar-refractivity contribution in [1.82, 2.24) is 24.1 Å². The summed E-state index contributed by atoms with van der Waals surface area (Å²) in [6, 6.07) is 0. The van der Waals surface area contributed by atoms with Gasteiger partial charge in [0.1, 0.15) is 5.82 Å². The van der Waals surface area contributed by atoms with Crippen LogP contribution in [0.4, 0.5) is 5.13 Å². The molecule has 10 heteroatoms. The van der Waals surface area contributed by atoms with Crippen molar-refractivity contribution in [1.29, 1.82) is 0 Å². The molecule has 1 aliphatic carbocycles. The predicted molar refractivity (Wildman–Crippen MR) is 139 cm³/mol. The van der Waals surface area contributed by atoms with Crippen molar-refractivity contribution >= 4 is 33.5 Å². The van der Waals surface area contributed by atoms with E-state index in [4.69, 9.17) is 9.97 Å². The number of unbranched alkanes of at least 4 members (excludes halogenated alkanes) is 1. The van der Waals surface area contributed by atoms with Gasteiger partial charge in [0, 0.05) is 37.4 Å². The molecule has 1 aliphatic rings. The minimum absolute atomic E-state index is 0.0510. The van der Waals surface area contributed by atoms with E-state index in [-0.39, 0.29) is 12.3 Å². The first-order chi connectivity index (χ1) is 17.0. The van der Waals surface area contributed by atoms with Crippen LogP contribution in [0.25, 0.3) is 11.2 Å². The molecule has 0 aromatic carbocycles. The van der Waals surface area contributed by atoms with E-state index in [9.17, 15) is 14.4 Å². The quantitative estimate of drug-likeness (QED) is 0.407. The molecule has 3 heterocycles. The summed E-state index contributed by atoms with van der Waals surface area (Å²) in [6.45, 7) is 9.36. The fourth-order valence-corrected chi connectivity index (χ4v) is 5.79. The Morgan fingerprint density at radius 3 is 2.66 bits per heavy atom. The molecule has 0 radical (unpaired) electrons. The first kappa shape index (κ1) is 25.1. The Morgan fingerprint density at radius 1 is 1.14 bits per heavy atom.